The molecule has 128 valence electrons. The van der Waals surface area contributed by atoms with E-state index in [9.17, 15) is 14.9 Å². The Hall–Kier alpha value is -2.00. The first-order valence-corrected chi connectivity index (χ1v) is 9.09. The zero-order chi connectivity index (χ0) is 17.7. The van der Waals surface area contributed by atoms with Gasteiger partial charge in [-0.2, -0.15) is 0 Å². The second-order valence-electron chi connectivity index (χ2n) is 5.60. The van der Waals surface area contributed by atoms with E-state index in [0.29, 0.717) is 11.0 Å². The van der Waals surface area contributed by atoms with Crippen LogP contribution in [0, 0.1) is 16.0 Å². The third kappa shape index (κ3) is 5.27. The number of hydrogen-bond acceptors (Lipinski definition) is 7. The summed E-state index contributed by atoms with van der Waals surface area (Å²) in [5, 5.41) is 22.5. The number of carbonyl (C=O) groups excluding carboxylic acids is 1. The summed E-state index contributed by atoms with van der Waals surface area (Å²) in [5.74, 6) is 0.309. The van der Waals surface area contributed by atoms with Gasteiger partial charge >= 0.3 is 0 Å². The van der Waals surface area contributed by atoms with E-state index in [1.165, 1.54) is 35.2 Å². The number of nitrogens with zero attached hydrogens (tertiary/aromatic N) is 3. The maximum Gasteiger partial charge on any atom is 0.269 e. The third-order valence-corrected chi connectivity index (χ3v) is 4.98. The predicted molar refractivity (Wildman–Crippen MR) is 95.5 cm³/mol. The lowest BCUT2D eigenvalue weighted by Gasteiger charge is -2.09. The molecule has 1 aromatic carbocycles. The summed E-state index contributed by atoms with van der Waals surface area (Å²) in [6.45, 7) is 5.97. The van der Waals surface area contributed by atoms with Crippen molar-refractivity contribution in [2.75, 3.05) is 5.32 Å². The normalized spacial score (nSPS) is 12.2. The van der Waals surface area contributed by atoms with Crippen LogP contribution in [-0.2, 0) is 11.2 Å². The Bertz CT molecular complexity index is 716. The van der Waals surface area contributed by atoms with Crippen LogP contribution < -0.4 is 5.32 Å². The fourth-order valence-electron chi connectivity index (χ4n) is 1.85. The molecular weight excluding hydrogens is 348 g/mol. The summed E-state index contributed by atoms with van der Waals surface area (Å²) < 4.78 is 0. The Morgan fingerprint density at radius 2 is 1.96 bits per heavy atom. The van der Waals surface area contributed by atoms with Crippen LogP contribution in [0.2, 0.25) is 0 Å². The molecule has 1 aromatic heterocycles. The first kappa shape index (κ1) is 18.3. The van der Waals surface area contributed by atoms with Crippen LogP contribution in [0.25, 0.3) is 0 Å². The van der Waals surface area contributed by atoms with Gasteiger partial charge in [-0.05, 0) is 25.0 Å². The highest BCUT2D eigenvalue weighted by Gasteiger charge is 2.17. The minimum Gasteiger partial charge on any atom is -0.300 e. The summed E-state index contributed by atoms with van der Waals surface area (Å²) >= 11 is 2.71. The molecular formula is C15H18N4O3S2. The van der Waals surface area contributed by atoms with Gasteiger partial charge in [0.15, 0.2) is 0 Å². The summed E-state index contributed by atoms with van der Waals surface area (Å²) in [6, 6.07) is 6.13. The fourth-order valence-corrected chi connectivity index (χ4v) is 3.67. The maximum absolute atomic E-state index is 12.2. The van der Waals surface area contributed by atoms with Crippen LogP contribution in [0.3, 0.4) is 0 Å². The number of aromatic nitrogens is 2. The molecule has 24 heavy (non-hydrogen) atoms. The van der Waals surface area contributed by atoms with Crippen LogP contribution in [0.5, 0.6) is 0 Å². The number of nitro groups is 1. The number of hydrogen-bond donors (Lipinski definition) is 1. The maximum atomic E-state index is 12.2. The van der Waals surface area contributed by atoms with Crippen molar-refractivity contribution in [2.45, 2.75) is 37.3 Å². The predicted octanol–water partition coefficient (Wildman–Crippen LogP) is 3.76. The Labute approximate surface area is 148 Å². The largest absolute Gasteiger partial charge is 0.300 e. The minimum absolute atomic E-state index is 0.0306. The average molecular weight is 366 g/mol. The molecule has 9 heteroatoms. The molecule has 1 N–H and O–H groups in total. The van der Waals surface area contributed by atoms with Crippen molar-refractivity contribution in [1.82, 2.24) is 10.2 Å². The molecule has 0 bridgehead atoms. The molecule has 1 amide bonds. The molecule has 0 aliphatic heterocycles. The number of thioether (sulfide) groups is 1. The first-order chi connectivity index (χ1) is 11.3. The van der Waals surface area contributed by atoms with Gasteiger partial charge in [0, 0.05) is 23.4 Å². The van der Waals surface area contributed by atoms with Crippen LogP contribution in [0.4, 0.5) is 10.8 Å². The van der Waals surface area contributed by atoms with E-state index in [2.05, 4.69) is 29.4 Å². The third-order valence-electron chi connectivity index (χ3n) is 3.01. The van der Waals surface area contributed by atoms with Gasteiger partial charge in [0.05, 0.1) is 10.2 Å². The van der Waals surface area contributed by atoms with E-state index in [1.54, 1.807) is 19.1 Å². The Morgan fingerprint density at radius 3 is 2.54 bits per heavy atom. The molecule has 0 saturated carbocycles. The molecule has 2 aromatic rings. The number of nitrogens with one attached hydrogen (secondary N) is 1. The van der Waals surface area contributed by atoms with Gasteiger partial charge < -0.3 is 0 Å². The SMILES string of the molecule is CC(C)Cc1nnc(NC(=O)C(C)Sc2ccc([N+](=O)[O-])cc2)s1. The van der Waals surface area contributed by atoms with Crippen molar-refractivity contribution in [2.24, 2.45) is 5.92 Å². The monoisotopic (exact) mass is 366 g/mol. The van der Waals surface area contributed by atoms with E-state index in [1.807, 2.05) is 0 Å². The van der Waals surface area contributed by atoms with Gasteiger partial charge in [-0.3, -0.25) is 20.2 Å². The summed E-state index contributed by atoms with van der Waals surface area (Å²) in [5.41, 5.74) is 0.0306. The molecule has 0 aliphatic rings. The van der Waals surface area contributed by atoms with Crippen molar-refractivity contribution >= 4 is 39.8 Å². The van der Waals surface area contributed by atoms with Crippen molar-refractivity contribution in [3.63, 3.8) is 0 Å². The number of nitro benzene ring substituents is 1. The van der Waals surface area contributed by atoms with Gasteiger partial charge in [0.2, 0.25) is 11.0 Å². The highest BCUT2D eigenvalue weighted by Crippen LogP contribution is 2.26. The molecule has 1 atom stereocenters. The second kappa shape index (κ2) is 8.20. The lowest BCUT2D eigenvalue weighted by atomic mass is 10.1. The summed E-state index contributed by atoms with van der Waals surface area (Å²) in [4.78, 5) is 23.2. The number of benzene rings is 1. The number of amides is 1. The van der Waals surface area contributed by atoms with Gasteiger partial charge in [-0.1, -0.05) is 25.2 Å². The minimum atomic E-state index is -0.450. The number of anilines is 1. The average Bonchev–Trinajstić information content (AvgIpc) is 2.93. The molecule has 0 aliphatic carbocycles. The number of carbonyl (C=O) groups is 1. The van der Waals surface area contributed by atoms with Crippen LogP contribution in [0.15, 0.2) is 29.2 Å². The van der Waals surface area contributed by atoms with Crippen LogP contribution in [-0.4, -0.2) is 26.3 Å². The molecule has 2 rings (SSSR count). The zero-order valence-electron chi connectivity index (χ0n) is 13.6. The lowest BCUT2D eigenvalue weighted by molar-refractivity contribution is -0.384. The van der Waals surface area contributed by atoms with Crippen molar-refractivity contribution in [3.05, 3.63) is 39.4 Å². The molecule has 7 nitrogen and oxygen atoms in total. The number of rotatable bonds is 7. The molecule has 0 radical (unpaired) electrons. The van der Waals surface area contributed by atoms with E-state index in [0.717, 1.165) is 16.3 Å². The van der Waals surface area contributed by atoms with E-state index < -0.39 is 4.92 Å². The van der Waals surface area contributed by atoms with Gasteiger partial charge in [-0.15, -0.1) is 22.0 Å². The molecule has 0 spiro atoms. The standard InChI is InChI=1S/C15H18N4O3S2/c1-9(2)8-13-17-18-15(24-13)16-14(20)10(3)23-12-6-4-11(5-7-12)19(21)22/h4-7,9-10H,8H2,1-3H3,(H,16,18,20). The molecule has 0 saturated heterocycles. The topological polar surface area (TPSA) is 98.0 Å². The molecule has 0 fully saturated rings. The quantitative estimate of drug-likeness (QED) is 0.455. The Morgan fingerprint density at radius 1 is 1.29 bits per heavy atom. The highest BCUT2D eigenvalue weighted by molar-refractivity contribution is 8.00. The van der Waals surface area contributed by atoms with Crippen molar-refractivity contribution in [3.8, 4) is 0 Å². The Balaban J connectivity index is 1.92. The van der Waals surface area contributed by atoms with E-state index >= 15 is 0 Å². The number of non-ortho nitro benzene ring substituents is 1. The van der Waals surface area contributed by atoms with Gasteiger partial charge in [0.1, 0.15) is 5.01 Å². The smallest absolute Gasteiger partial charge is 0.269 e. The zero-order valence-corrected chi connectivity index (χ0v) is 15.2. The first-order valence-electron chi connectivity index (χ1n) is 7.39. The Kier molecular flexibility index (Phi) is 6.27. The van der Waals surface area contributed by atoms with Crippen molar-refractivity contribution in [1.29, 1.82) is 0 Å². The van der Waals surface area contributed by atoms with Crippen LogP contribution >= 0.6 is 23.1 Å². The van der Waals surface area contributed by atoms with Gasteiger partial charge in [-0.25, -0.2) is 0 Å². The lowest BCUT2D eigenvalue weighted by Crippen LogP contribution is -2.22. The van der Waals surface area contributed by atoms with Gasteiger partial charge in [0.25, 0.3) is 5.69 Å². The fraction of sp³-hybridized carbons (Fsp3) is 0.400. The van der Waals surface area contributed by atoms with Crippen molar-refractivity contribution < 1.29 is 9.72 Å². The molecule has 1 unspecified atom stereocenters. The highest BCUT2D eigenvalue weighted by atomic mass is 32.2. The summed E-state index contributed by atoms with van der Waals surface area (Å²) in [6.07, 6.45) is 0.834. The summed E-state index contributed by atoms with van der Waals surface area (Å²) in [7, 11) is 0. The molecule has 1 heterocycles. The second-order valence-corrected chi connectivity index (χ2v) is 8.08. The van der Waals surface area contributed by atoms with E-state index in [-0.39, 0.29) is 16.8 Å². The van der Waals surface area contributed by atoms with Crippen LogP contribution in [0.1, 0.15) is 25.8 Å². The van der Waals surface area contributed by atoms with E-state index in [4.69, 9.17) is 0 Å².